The van der Waals surface area contributed by atoms with Crippen molar-refractivity contribution in [2.45, 2.75) is 6.42 Å². The van der Waals surface area contributed by atoms with Crippen molar-refractivity contribution in [3.05, 3.63) is 65.0 Å². The monoisotopic (exact) mass is 347 g/mol. The van der Waals surface area contributed by atoms with E-state index < -0.39 is 5.82 Å². The Kier molecular flexibility index (Phi) is 4.66. The number of aromatic nitrogens is 2. The molecule has 0 aliphatic rings. The van der Waals surface area contributed by atoms with Crippen LogP contribution in [0.15, 0.2) is 47.2 Å². The first-order chi connectivity index (χ1) is 11.5. The summed E-state index contributed by atoms with van der Waals surface area (Å²) < 4.78 is 20.2. The van der Waals surface area contributed by atoms with E-state index in [1.54, 1.807) is 12.3 Å². The second kappa shape index (κ2) is 6.88. The van der Waals surface area contributed by atoms with Crippen LogP contribution in [0.1, 0.15) is 16.2 Å². The smallest absolute Gasteiger partial charge is 0.252 e. The van der Waals surface area contributed by atoms with Gasteiger partial charge < -0.3 is 14.3 Å². The zero-order valence-electron chi connectivity index (χ0n) is 12.9. The lowest BCUT2D eigenvalue weighted by Crippen LogP contribution is -2.26. The van der Waals surface area contributed by atoms with Crippen molar-refractivity contribution >= 4 is 17.5 Å². The highest BCUT2D eigenvalue weighted by Crippen LogP contribution is 2.19. The van der Waals surface area contributed by atoms with Crippen LogP contribution in [-0.4, -0.2) is 22.0 Å². The summed E-state index contributed by atoms with van der Waals surface area (Å²) in [7, 11) is 1.88. The molecule has 0 bridgehead atoms. The first-order valence-electron chi connectivity index (χ1n) is 7.34. The molecule has 0 unspecified atom stereocenters. The molecule has 5 nitrogen and oxygen atoms in total. The maximum Gasteiger partial charge on any atom is 0.252 e. The van der Waals surface area contributed by atoms with Gasteiger partial charge in [-0.15, -0.1) is 0 Å². The fraction of sp³-hybridized carbons (Fsp3) is 0.176. The topological polar surface area (TPSA) is 60.1 Å². The van der Waals surface area contributed by atoms with Crippen LogP contribution in [0, 0.1) is 5.82 Å². The van der Waals surface area contributed by atoms with Crippen LogP contribution in [0.25, 0.3) is 11.5 Å². The third kappa shape index (κ3) is 3.49. The average Bonchev–Trinajstić information content (AvgIpc) is 3.17. The summed E-state index contributed by atoms with van der Waals surface area (Å²) in [5, 5.41) is 2.84. The minimum absolute atomic E-state index is 0.0876. The van der Waals surface area contributed by atoms with E-state index >= 15 is 0 Å². The second-order valence-corrected chi connectivity index (χ2v) is 5.67. The van der Waals surface area contributed by atoms with Crippen molar-refractivity contribution in [2.75, 3.05) is 6.54 Å². The zero-order chi connectivity index (χ0) is 17.1. The number of amides is 1. The summed E-state index contributed by atoms with van der Waals surface area (Å²) in [4.78, 5) is 16.6. The third-order valence-electron chi connectivity index (χ3n) is 3.56. The lowest BCUT2D eigenvalue weighted by atomic mass is 10.2. The second-order valence-electron chi connectivity index (χ2n) is 5.26. The number of carbonyl (C=O) groups is 1. The molecule has 124 valence electrons. The molecule has 7 heteroatoms. The van der Waals surface area contributed by atoms with Gasteiger partial charge in [0.1, 0.15) is 17.3 Å². The third-order valence-corrected chi connectivity index (χ3v) is 3.87. The Labute approximate surface area is 143 Å². The number of hydrogen-bond donors (Lipinski definition) is 1. The fourth-order valence-corrected chi connectivity index (χ4v) is 2.59. The van der Waals surface area contributed by atoms with Gasteiger partial charge in [0.05, 0.1) is 16.8 Å². The summed E-state index contributed by atoms with van der Waals surface area (Å²) in [5.74, 6) is 0.682. The number of nitrogens with zero attached hydrogens (tertiary/aromatic N) is 2. The Morgan fingerprint density at radius 1 is 1.42 bits per heavy atom. The zero-order valence-corrected chi connectivity index (χ0v) is 13.7. The maximum atomic E-state index is 13.0. The highest BCUT2D eigenvalue weighted by Gasteiger charge is 2.12. The SMILES string of the molecule is Cn1cc(-c2ccco2)nc1CCNC(=O)c1ccc(F)cc1Cl. The van der Waals surface area contributed by atoms with Crippen molar-refractivity contribution in [1.82, 2.24) is 14.9 Å². The van der Waals surface area contributed by atoms with Crippen LogP contribution in [0.4, 0.5) is 4.39 Å². The number of imidazole rings is 1. The molecule has 0 aliphatic heterocycles. The van der Waals surface area contributed by atoms with E-state index in [-0.39, 0.29) is 16.5 Å². The van der Waals surface area contributed by atoms with Gasteiger partial charge in [-0.05, 0) is 30.3 Å². The van der Waals surface area contributed by atoms with Crippen molar-refractivity contribution < 1.29 is 13.6 Å². The van der Waals surface area contributed by atoms with Crippen LogP contribution < -0.4 is 5.32 Å². The van der Waals surface area contributed by atoms with E-state index in [0.29, 0.717) is 18.7 Å². The fourth-order valence-electron chi connectivity index (χ4n) is 2.34. The maximum absolute atomic E-state index is 13.0. The molecule has 2 heterocycles. The molecule has 1 N–H and O–H groups in total. The Morgan fingerprint density at radius 3 is 2.96 bits per heavy atom. The van der Waals surface area contributed by atoms with Gasteiger partial charge in [-0.2, -0.15) is 0 Å². The highest BCUT2D eigenvalue weighted by atomic mass is 35.5. The minimum atomic E-state index is -0.477. The standard InChI is InChI=1S/C17H15ClFN3O2/c1-22-10-14(15-3-2-8-24-15)21-16(22)6-7-20-17(23)12-5-4-11(19)9-13(12)18/h2-5,8-10H,6-7H2,1H3,(H,20,23). The Morgan fingerprint density at radius 2 is 2.25 bits per heavy atom. The molecule has 3 aromatic rings. The first-order valence-corrected chi connectivity index (χ1v) is 7.72. The molecule has 2 aromatic heterocycles. The minimum Gasteiger partial charge on any atom is -0.463 e. The van der Waals surface area contributed by atoms with Crippen molar-refractivity contribution in [3.63, 3.8) is 0 Å². The number of hydrogen-bond acceptors (Lipinski definition) is 3. The molecule has 0 aliphatic carbocycles. The molecule has 0 saturated heterocycles. The van der Waals surface area contributed by atoms with Crippen molar-refractivity contribution in [1.29, 1.82) is 0 Å². The van der Waals surface area contributed by atoms with E-state index in [9.17, 15) is 9.18 Å². The molecule has 0 spiro atoms. The van der Waals surface area contributed by atoms with E-state index in [1.165, 1.54) is 12.1 Å². The summed E-state index contributed by atoms with van der Waals surface area (Å²) in [6.45, 7) is 0.384. The molecule has 0 fully saturated rings. The predicted molar refractivity (Wildman–Crippen MR) is 88.4 cm³/mol. The number of carbonyl (C=O) groups excluding carboxylic acids is 1. The van der Waals surface area contributed by atoms with E-state index in [1.807, 2.05) is 23.9 Å². The van der Waals surface area contributed by atoms with Crippen LogP contribution in [0.2, 0.25) is 5.02 Å². The molecule has 0 atom stereocenters. The number of nitrogens with one attached hydrogen (secondary N) is 1. The lowest BCUT2D eigenvalue weighted by Gasteiger charge is -2.07. The normalized spacial score (nSPS) is 10.8. The molecule has 24 heavy (non-hydrogen) atoms. The highest BCUT2D eigenvalue weighted by molar-refractivity contribution is 6.33. The van der Waals surface area contributed by atoms with Gasteiger partial charge in [0.25, 0.3) is 5.91 Å². The summed E-state index contributed by atoms with van der Waals surface area (Å²) in [5.41, 5.74) is 0.986. The van der Waals surface area contributed by atoms with E-state index in [0.717, 1.165) is 17.6 Å². The first kappa shape index (κ1) is 16.3. The molecule has 0 radical (unpaired) electrons. The Hall–Kier alpha value is -2.60. The van der Waals surface area contributed by atoms with E-state index in [4.69, 9.17) is 16.0 Å². The Balaban J connectivity index is 1.61. The molecule has 1 aromatic carbocycles. The molecular weight excluding hydrogens is 333 g/mol. The van der Waals surface area contributed by atoms with Crippen LogP contribution in [0.3, 0.4) is 0 Å². The molecular formula is C17H15ClFN3O2. The average molecular weight is 348 g/mol. The van der Waals surface area contributed by atoms with Gasteiger partial charge in [0, 0.05) is 26.2 Å². The van der Waals surface area contributed by atoms with Crippen molar-refractivity contribution in [2.24, 2.45) is 7.05 Å². The van der Waals surface area contributed by atoms with Gasteiger partial charge in [0.2, 0.25) is 0 Å². The predicted octanol–water partition coefficient (Wildman–Crippen LogP) is 3.45. The molecule has 3 rings (SSSR count). The Bertz CT molecular complexity index is 859. The number of rotatable bonds is 5. The van der Waals surface area contributed by atoms with Gasteiger partial charge in [-0.3, -0.25) is 4.79 Å². The van der Waals surface area contributed by atoms with Gasteiger partial charge in [-0.25, -0.2) is 9.37 Å². The van der Waals surface area contributed by atoms with E-state index in [2.05, 4.69) is 10.3 Å². The van der Waals surface area contributed by atoms with Crippen LogP contribution >= 0.6 is 11.6 Å². The number of benzene rings is 1. The van der Waals surface area contributed by atoms with Gasteiger partial charge in [0.15, 0.2) is 5.76 Å². The summed E-state index contributed by atoms with van der Waals surface area (Å²) in [6.07, 6.45) is 4.00. The van der Waals surface area contributed by atoms with Gasteiger partial charge >= 0.3 is 0 Å². The largest absolute Gasteiger partial charge is 0.463 e. The van der Waals surface area contributed by atoms with Gasteiger partial charge in [-0.1, -0.05) is 11.6 Å². The number of halogens is 2. The molecule has 1 amide bonds. The molecule has 0 saturated carbocycles. The lowest BCUT2D eigenvalue weighted by molar-refractivity contribution is 0.0954. The summed E-state index contributed by atoms with van der Waals surface area (Å²) in [6, 6.07) is 7.32. The summed E-state index contributed by atoms with van der Waals surface area (Å²) >= 11 is 5.88. The van der Waals surface area contributed by atoms with Crippen molar-refractivity contribution in [3.8, 4) is 11.5 Å². The number of furan rings is 1. The number of aryl methyl sites for hydroxylation is 1. The van der Waals surface area contributed by atoms with Crippen LogP contribution in [-0.2, 0) is 13.5 Å². The quantitative estimate of drug-likeness (QED) is 0.769. The van der Waals surface area contributed by atoms with Crippen LogP contribution in [0.5, 0.6) is 0 Å².